The molecule has 2 aromatic rings. The number of anilines is 2. The fraction of sp³-hybridized carbons (Fsp3) is 0. The van der Waals surface area contributed by atoms with Crippen molar-refractivity contribution in [2.75, 3.05) is 11.5 Å². The maximum Gasteiger partial charge on any atom is 0.123 e. The number of hydrogen-bond acceptors (Lipinski definition) is 2. The van der Waals surface area contributed by atoms with Gasteiger partial charge in [-0.25, -0.2) is 4.39 Å². The molecule has 86 valence electrons. The van der Waals surface area contributed by atoms with Gasteiger partial charge in [-0.1, -0.05) is 24.8 Å². The zero-order chi connectivity index (χ0) is 12.4. The second-order valence-corrected chi connectivity index (χ2v) is 3.83. The predicted octanol–water partition coefficient (Wildman–Crippen LogP) is 3.05. The van der Waals surface area contributed by atoms with Crippen molar-refractivity contribution in [1.29, 1.82) is 0 Å². The van der Waals surface area contributed by atoms with E-state index in [9.17, 15) is 4.39 Å². The average Bonchev–Trinajstić information content (AvgIpc) is 2.33. The van der Waals surface area contributed by atoms with E-state index in [2.05, 4.69) is 6.58 Å². The summed E-state index contributed by atoms with van der Waals surface area (Å²) >= 11 is 0. The highest BCUT2D eigenvalue weighted by Crippen LogP contribution is 2.25. The molecule has 0 heterocycles. The Hall–Kier alpha value is -2.29. The Morgan fingerprint density at radius 2 is 1.47 bits per heavy atom. The van der Waals surface area contributed by atoms with Crippen LogP contribution in [0.1, 0.15) is 11.1 Å². The molecule has 0 aromatic heterocycles. The summed E-state index contributed by atoms with van der Waals surface area (Å²) in [6.45, 7) is 3.98. The number of nitrogen functional groups attached to an aromatic ring is 2. The lowest BCUT2D eigenvalue weighted by Crippen LogP contribution is -1.96. The van der Waals surface area contributed by atoms with Crippen molar-refractivity contribution >= 4 is 16.9 Å². The van der Waals surface area contributed by atoms with Gasteiger partial charge in [-0.2, -0.15) is 0 Å². The van der Waals surface area contributed by atoms with E-state index in [1.165, 1.54) is 12.1 Å². The Kier molecular flexibility index (Phi) is 2.83. The molecular weight excluding hydrogens is 215 g/mol. The van der Waals surface area contributed by atoms with Gasteiger partial charge in [0.15, 0.2) is 0 Å². The minimum absolute atomic E-state index is 0.265. The molecule has 0 spiro atoms. The molecule has 0 saturated heterocycles. The van der Waals surface area contributed by atoms with E-state index in [0.717, 1.165) is 16.7 Å². The molecule has 3 heteroatoms. The largest absolute Gasteiger partial charge is 0.397 e. The van der Waals surface area contributed by atoms with Crippen molar-refractivity contribution in [3.8, 4) is 0 Å². The summed E-state index contributed by atoms with van der Waals surface area (Å²) < 4.78 is 12.8. The normalized spacial score (nSPS) is 10.2. The molecule has 0 saturated carbocycles. The molecule has 2 aromatic carbocycles. The molecule has 0 bridgehead atoms. The summed E-state index contributed by atoms with van der Waals surface area (Å²) in [5.41, 5.74) is 15.0. The van der Waals surface area contributed by atoms with Crippen LogP contribution >= 0.6 is 0 Å². The quantitative estimate of drug-likeness (QED) is 0.776. The number of halogens is 1. The second-order valence-electron chi connectivity index (χ2n) is 3.83. The second kappa shape index (κ2) is 4.29. The first-order valence-corrected chi connectivity index (χ1v) is 5.18. The molecule has 2 nitrogen and oxygen atoms in total. The molecule has 0 aliphatic rings. The van der Waals surface area contributed by atoms with Crippen molar-refractivity contribution in [2.24, 2.45) is 0 Å². The number of benzene rings is 2. The third-order valence-electron chi connectivity index (χ3n) is 2.63. The van der Waals surface area contributed by atoms with Crippen molar-refractivity contribution in [3.05, 3.63) is 66.0 Å². The lowest BCUT2D eigenvalue weighted by atomic mass is 9.99. The van der Waals surface area contributed by atoms with E-state index >= 15 is 0 Å². The summed E-state index contributed by atoms with van der Waals surface area (Å²) in [5.74, 6) is -0.265. The molecule has 0 aliphatic carbocycles. The van der Waals surface area contributed by atoms with Gasteiger partial charge >= 0.3 is 0 Å². The van der Waals surface area contributed by atoms with Crippen LogP contribution in [0.3, 0.4) is 0 Å². The Morgan fingerprint density at radius 1 is 0.882 bits per heavy atom. The van der Waals surface area contributed by atoms with Crippen molar-refractivity contribution < 1.29 is 4.39 Å². The van der Waals surface area contributed by atoms with Crippen LogP contribution in [0, 0.1) is 5.82 Å². The zero-order valence-electron chi connectivity index (χ0n) is 9.28. The van der Waals surface area contributed by atoms with Crippen LogP contribution in [0.15, 0.2) is 49.0 Å². The summed E-state index contributed by atoms with van der Waals surface area (Å²) in [4.78, 5) is 0. The van der Waals surface area contributed by atoms with E-state index in [0.29, 0.717) is 11.4 Å². The van der Waals surface area contributed by atoms with E-state index in [1.54, 1.807) is 24.3 Å². The zero-order valence-corrected chi connectivity index (χ0v) is 9.28. The van der Waals surface area contributed by atoms with Crippen molar-refractivity contribution in [1.82, 2.24) is 0 Å². The molecule has 4 N–H and O–H groups in total. The maximum absolute atomic E-state index is 12.8. The lowest BCUT2D eigenvalue weighted by molar-refractivity contribution is 0.627. The lowest BCUT2D eigenvalue weighted by Gasteiger charge is -2.08. The third-order valence-corrected chi connectivity index (χ3v) is 2.63. The van der Waals surface area contributed by atoms with E-state index in [1.807, 2.05) is 6.07 Å². The molecule has 2 rings (SSSR count). The molecular formula is C14H13FN2. The molecule has 0 unspecified atom stereocenters. The predicted molar refractivity (Wildman–Crippen MR) is 69.8 cm³/mol. The van der Waals surface area contributed by atoms with Gasteiger partial charge in [-0.15, -0.1) is 0 Å². The van der Waals surface area contributed by atoms with Gasteiger partial charge < -0.3 is 11.5 Å². The first kappa shape index (κ1) is 11.2. The third kappa shape index (κ3) is 2.28. The van der Waals surface area contributed by atoms with Crippen LogP contribution in [-0.4, -0.2) is 0 Å². The topological polar surface area (TPSA) is 52.0 Å². The Labute approximate surface area is 99.4 Å². The highest BCUT2D eigenvalue weighted by Gasteiger charge is 2.04. The fourth-order valence-corrected chi connectivity index (χ4v) is 1.58. The molecule has 0 fully saturated rings. The number of rotatable bonds is 2. The fourth-order valence-electron chi connectivity index (χ4n) is 1.58. The highest BCUT2D eigenvalue weighted by molar-refractivity contribution is 5.81. The first-order valence-electron chi connectivity index (χ1n) is 5.18. The van der Waals surface area contributed by atoms with Gasteiger partial charge in [-0.05, 0) is 41.0 Å². The standard InChI is InChI=1S/C14H13FN2/c1-9(10-2-5-12(15)6-3-10)11-4-7-13(16)14(17)8-11/h2-8H,1,16-17H2. The SMILES string of the molecule is C=C(c1ccc(F)cc1)c1ccc(N)c(N)c1. The average molecular weight is 228 g/mol. The van der Waals surface area contributed by atoms with Gasteiger partial charge in [0, 0.05) is 0 Å². The van der Waals surface area contributed by atoms with Crippen LogP contribution in [0.5, 0.6) is 0 Å². The first-order chi connectivity index (χ1) is 8.08. The van der Waals surface area contributed by atoms with Gasteiger partial charge in [-0.3, -0.25) is 0 Å². The van der Waals surface area contributed by atoms with Crippen LogP contribution in [0.4, 0.5) is 15.8 Å². The Bertz CT molecular complexity index is 559. The van der Waals surface area contributed by atoms with E-state index < -0.39 is 0 Å². The molecule has 17 heavy (non-hydrogen) atoms. The number of nitrogens with two attached hydrogens (primary N) is 2. The molecule has 0 radical (unpaired) electrons. The van der Waals surface area contributed by atoms with Crippen LogP contribution in [0.25, 0.3) is 5.57 Å². The van der Waals surface area contributed by atoms with Crippen LogP contribution in [0.2, 0.25) is 0 Å². The van der Waals surface area contributed by atoms with E-state index in [4.69, 9.17) is 11.5 Å². The van der Waals surface area contributed by atoms with Crippen LogP contribution < -0.4 is 11.5 Å². The maximum atomic E-state index is 12.8. The van der Waals surface area contributed by atoms with Gasteiger partial charge in [0.25, 0.3) is 0 Å². The molecule has 0 aliphatic heterocycles. The Morgan fingerprint density at radius 3 is 2.06 bits per heavy atom. The summed E-state index contributed by atoms with van der Waals surface area (Å²) in [5, 5.41) is 0. The minimum Gasteiger partial charge on any atom is -0.397 e. The van der Waals surface area contributed by atoms with Crippen molar-refractivity contribution in [3.63, 3.8) is 0 Å². The molecule has 0 amide bonds. The number of hydrogen-bond donors (Lipinski definition) is 2. The molecule has 0 atom stereocenters. The Balaban J connectivity index is 2.37. The van der Waals surface area contributed by atoms with Gasteiger partial charge in [0.1, 0.15) is 5.82 Å². The van der Waals surface area contributed by atoms with Crippen molar-refractivity contribution in [2.45, 2.75) is 0 Å². The summed E-state index contributed by atoms with van der Waals surface area (Å²) in [6.07, 6.45) is 0. The van der Waals surface area contributed by atoms with E-state index in [-0.39, 0.29) is 5.82 Å². The summed E-state index contributed by atoms with van der Waals surface area (Å²) in [7, 11) is 0. The minimum atomic E-state index is -0.265. The van der Waals surface area contributed by atoms with Crippen LogP contribution in [-0.2, 0) is 0 Å². The van der Waals surface area contributed by atoms with Gasteiger partial charge in [0.2, 0.25) is 0 Å². The smallest absolute Gasteiger partial charge is 0.123 e. The highest BCUT2D eigenvalue weighted by atomic mass is 19.1. The van der Waals surface area contributed by atoms with Gasteiger partial charge in [0.05, 0.1) is 11.4 Å². The summed E-state index contributed by atoms with van der Waals surface area (Å²) in [6, 6.07) is 11.5. The monoisotopic (exact) mass is 228 g/mol.